The minimum Gasteiger partial charge on any atom is -0.496 e. The van der Waals surface area contributed by atoms with Crippen LogP contribution in [0.1, 0.15) is 5.56 Å². The highest BCUT2D eigenvalue weighted by molar-refractivity contribution is 9.10. The Hall–Kier alpha value is -1.45. The van der Waals surface area contributed by atoms with E-state index < -0.39 is 24.3 Å². The number of nitrogens with one attached hydrogen (secondary N) is 2. The molecule has 1 aromatic carbocycles. The molecule has 24 heavy (non-hydrogen) atoms. The van der Waals surface area contributed by atoms with Crippen molar-refractivity contribution >= 4 is 27.9 Å². The van der Waals surface area contributed by atoms with Crippen LogP contribution in [-0.4, -0.2) is 65.8 Å². The van der Waals surface area contributed by atoms with Crippen molar-refractivity contribution in [2.24, 2.45) is 0 Å². The number of methoxy groups -OCH3 is 1. The Morgan fingerprint density at radius 2 is 2.08 bits per heavy atom. The Bertz CT molecular complexity index is 610. The maximum absolute atomic E-state index is 11.9. The number of amides is 1. The van der Waals surface area contributed by atoms with Gasteiger partial charge in [-0.25, -0.2) is 0 Å². The highest BCUT2D eigenvalue weighted by atomic mass is 79.9. The van der Waals surface area contributed by atoms with Gasteiger partial charge in [-0.3, -0.25) is 4.79 Å². The Morgan fingerprint density at radius 3 is 2.71 bits per heavy atom. The largest absolute Gasteiger partial charge is 0.496 e. The fourth-order valence-corrected chi connectivity index (χ4v) is 2.94. The van der Waals surface area contributed by atoms with Crippen molar-refractivity contribution < 1.29 is 24.9 Å². The predicted octanol–water partition coefficient (Wildman–Crippen LogP) is -0.358. The second-order valence-corrected chi connectivity index (χ2v) is 6.42. The molecule has 5 N–H and O–H groups in total. The Kier molecular flexibility index (Phi) is 6.76. The number of carbonyl (C=O) groups is 1. The van der Waals surface area contributed by atoms with E-state index in [1.54, 1.807) is 19.3 Å². The summed E-state index contributed by atoms with van der Waals surface area (Å²) in [6.07, 6.45) is 0.893. The summed E-state index contributed by atoms with van der Waals surface area (Å²) in [6, 6.07) is 4.34. The summed E-state index contributed by atoms with van der Waals surface area (Å²) in [5.41, 5.74) is 0.747. The summed E-state index contributed by atoms with van der Waals surface area (Å²) in [5, 5.41) is 34.2. The fourth-order valence-electron chi connectivity index (χ4n) is 2.56. The van der Waals surface area contributed by atoms with Crippen LogP contribution in [0.25, 0.3) is 6.08 Å². The van der Waals surface area contributed by atoms with Crippen molar-refractivity contribution in [3.05, 3.63) is 34.3 Å². The van der Waals surface area contributed by atoms with Gasteiger partial charge in [0, 0.05) is 22.7 Å². The summed E-state index contributed by atoms with van der Waals surface area (Å²) in [4.78, 5) is 11.9. The molecule has 1 aliphatic heterocycles. The zero-order valence-electron chi connectivity index (χ0n) is 13.1. The summed E-state index contributed by atoms with van der Waals surface area (Å²) in [5.74, 6) is 0.303. The first kappa shape index (κ1) is 18.9. The molecule has 0 unspecified atom stereocenters. The van der Waals surface area contributed by atoms with Crippen molar-refractivity contribution in [2.75, 3.05) is 20.3 Å². The van der Waals surface area contributed by atoms with Crippen molar-refractivity contribution in [1.82, 2.24) is 10.6 Å². The maximum atomic E-state index is 11.9. The highest BCUT2D eigenvalue weighted by Gasteiger charge is 2.40. The predicted molar refractivity (Wildman–Crippen MR) is 92.5 cm³/mol. The van der Waals surface area contributed by atoms with Crippen LogP contribution in [0.2, 0.25) is 0 Å². The van der Waals surface area contributed by atoms with Crippen LogP contribution in [0, 0.1) is 0 Å². The third kappa shape index (κ3) is 4.55. The van der Waals surface area contributed by atoms with Crippen LogP contribution in [-0.2, 0) is 4.79 Å². The van der Waals surface area contributed by atoms with Crippen molar-refractivity contribution in [3.63, 3.8) is 0 Å². The lowest BCUT2D eigenvalue weighted by Crippen LogP contribution is -2.43. The van der Waals surface area contributed by atoms with Crippen LogP contribution in [0.5, 0.6) is 5.75 Å². The van der Waals surface area contributed by atoms with Gasteiger partial charge in [0.15, 0.2) is 0 Å². The summed E-state index contributed by atoms with van der Waals surface area (Å²) < 4.78 is 6.09. The highest BCUT2D eigenvalue weighted by Crippen LogP contribution is 2.24. The second kappa shape index (κ2) is 8.59. The molecule has 1 aromatic rings. The van der Waals surface area contributed by atoms with E-state index in [4.69, 9.17) is 9.84 Å². The number of benzene rings is 1. The van der Waals surface area contributed by atoms with Gasteiger partial charge in [0.1, 0.15) is 5.75 Å². The number of aliphatic hydroxyl groups is 3. The molecule has 1 heterocycles. The van der Waals surface area contributed by atoms with E-state index in [1.165, 1.54) is 6.08 Å². The number of aliphatic hydroxyl groups excluding tert-OH is 3. The number of carbonyl (C=O) groups excluding carboxylic acids is 1. The monoisotopic (exact) mass is 400 g/mol. The van der Waals surface area contributed by atoms with E-state index in [1.807, 2.05) is 12.1 Å². The quantitative estimate of drug-likeness (QED) is 0.417. The minimum absolute atomic E-state index is 0.132. The molecule has 0 spiro atoms. The van der Waals surface area contributed by atoms with Crippen molar-refractivity contribution in [2.45, 2.75) is 24.3 Å². The molecule has 0 aliphatic carbocycles. The molecule has 8 heteroatoms. The van der Waals surface area contributed by atoms with Gasteiger partial charge in [-0.15, -0.1) is 0 Å². The number of ether oxygens (including phenoxy) is 1. The maximum Gasteiger partial charge on any atom is 0.244 e. The molecular weight excluding hydrogens is 380 g/mol. The van der Waals surface area contributed by atoms with Gasteiger partial charge in [-0.1, -0.05) is 15.9 Å². The molecule has 0 aromatic heterocycles. The molecule has 4 atom stereocenters. The topological polar surface area (TPSA) is 111 Å². The van der Waals surface area contributed by atoms with Gasteiger partial charge in [-0.2, -0.15) is 0 Å². The lowest BCUT2D eigenvalue weighted by molar-refractivity contribution is -0.116. The van der Waals surface area contributed by atoms with Crippen LogP contribution < -0.4 is 15.4 Å². The average Bonchev–Trinajstić information content (AvgIpc) is 2.85. The first-order valence-corrected chi connectivity index (χ1v) is 8.28. The van der Waals surface area contributed by atoms with Gasteiger partial charge < -0.3 is 30.7 Å². The third-order valence-electron chi connectivity index (χ3n) is 3.90. The van der Waals surface area contributed by atoms with Gasteiger partial charge in [0.2, 0.25) is 5.91 Å². The molecule has 0 saturated carbocycles. The Labute approximate surface area is 148 Å². The molecular formula is C16H21BrN2O5. The Morgan fingerprint density at radius 1 is 1.38 bits per heavy atom. The molecule has 1 aliphatic rings. The van der Waals surface area contributed by atoms with E-state index >= 15 is 0 Å². The molecule has 132 valence electrons. The van der Waals surface area contributed by atoms with E-state index in [0.29, 0.717) is 5.75 Å². The zero-order chi connectivity index (χ0) is 17.7. The van der Waals surface area contributed by atoms with Crippen molar-refractivity contribution in [3.8, 4) is 5.75 Å². The normalized spacial score (nSPS) is 26.7. The van der Waals surface area contributed by atoms with E-state index in [-0.39, 0.29) is 19.1 Å². The standard InChI is InChI=1S/C16H21BrN2O5/c1-24-13-4-3-10(17)6-9(13)2-5-14(21)18-7-11-15(22)16(23)12(8-20)19-11/h2-6,11-12,15-16,19-20,22-23H,7-8H2,1H3,(H,18,21)/b5-2+/t11-,12-,15-,16+/m1/s1. The van der Waals surface area contributed by atoms with Gasteiger partial charge in [-0.05, 0) is 24.3 Å². The number of hydrogen-bond donors (Lipinski definition) is 5. The summed E-state index contributed by atoms with van der Waals surface area (Å²) in [6.45, 7) is -0.154. The van der Waals surface area contributed by atoms with Gasteiger partial charge >= 0.3 is 0 Å². The van der Waals surface area contributed by atoms with Crippen molar-refractivity contribution in [1.29, 1.82) is 0 Å². The average molecular weight is 401 g/mol. The molecule has 2 rings (SSSR count). The third-order valence-corrected chi connectivity index (χ3v) is 4.39. The number of rotatable bonds is 6. The molecule has 1 saturated heterocycles. The van der Waals surface area contributed by atoms with E-state index in [2.05, 4.69) is 26.6 Å². The minimum atomic E-state index is -1.06. The SMILES string of the molecule is COc1ccc(Br)cc1/C=C/C(=O)NC[C@H]1N[C@H](CO)[C@H](O)[C@@H]1O. The Balaban J connectivity index is 1.91. The molecule has 1 fully saturated rings. The summed E-state index contributed by atoms with van der Waals surface area (Å²) >= 11 is 3.36. The molecule has 0 radical (unpaired) electrons. The van der Waals surface area contributed by atoms with Crippen LogP contribution >= 0.6 is 15.9 Å². The van der Waals surface area contributed by atoms with Crippen LogP contribution in [0.15, 0.2) is 28.7 Å². The van der Waals surface area contributed by atoms with Gasteiger partial charge in [0.05, 0.1) is 38.0 Å². The zero-order valence-corrected chi connectivity index (χ0v) is 14.7. The molecule has 0 bridgehead atoms. The van der Waals surface area contributed by atoms with Crippen LogP contribution in [0.4, 0.5) is 0 Å². The van der Waals surface area contributed by atoms with Crippen LogP contribution in [0.3, 0.4) is 0 Å². The van der Waals surface area contributed by atoms with E-state index in [9.17, 15) is 15.0 Å². The van der Waals surface area contributed by atoms with Gasteiger partial charge in [0.25, 0.3) is 0 Å². The second-order valence-electron chi connectivity index (χ2n) is 5.51. The number of halogens is 1. The first-order valence-electron chi connectivity index (χ1n) is 7.48. The lowest BCUT2D eigenvalue weighted by Gasteiger charge is -2.15. The number of hydrogen-bond acceptors (Lipinski definition) is 6. The first-order chi connectivity index (χ1) is 11.5. The fraction of sp³-hybridized carbons (Fsp3) is 0.438. The molecule has 1 amide bonds. The lowest BCUT2D eigenvalue weighted by atomic mass is 10.1. The smallest absolute Gasteiger partial charge is 0.244 e. The molecule has 7 nitrogen and oxygen atoms in total. The summed E-state index contributed by atoms with van der Waals surface area (Å²) in [7, 11) is 1.55. The van der Waals surface area contributed by atoms with E-state index in [0.717, 1.165) is 10.0 Å².